The lowest BCUT2D eigenvalue weighted by atomic mass is 9.81. The van der Waals surface area contributed by atoms with E-state index in [4.69, 9.17) is 4.74 Å². The lowest BCUT2D eigenvalue weighted by molar-refractivity contribution is -0.141. The molecule has 1 N–H and O–H groups in total. The fraction of sp³-hybridized carbons (Fsp3) is 0.400. The third kappa shape index (κ3) is 3.92. The highest BCUT2D eigenvalue weighted by molar-refractivity contribution is 5.87. The number of hydrogen-bond acceptors (Lipinski definition) is 6. The number of aryl methyl sites for hydroxylation is 1. The summed E-state index contributed by atoms with van der Waals surface area (Å²) in [6.07, 6.45) is 3.16. The molecule has 142 valence electrons. The maximum absolute atomic E-state index is 11.6. The molecule has 0 fully saturated rings. The Labute approximate surface area is 158 Å². The van der Waals surface area contributed by atoms with Crippen LogP contribution in [0.3, 0.4) is 0 Å². The Morgan fingerprint density at radius 3 is 2.67 bits per heavy atom. The van der Waals surface area contributed by atoms with Crippen molar-refractivity contribution in [2.45, 2.75) is 40.3 Å². The van der Waals surface area contributed by atoms with Crippen LogP contribution in [0.25, 0.3) is 11.0 Å². The zero-order chi connectivity index (χ0) is 19.6. The number of methoxy groups -OCH3 is 1. The predicted molar refractivity (Wildman–Crippen MR) is 104 cm³/mol. The van der Waals surface area contributed by atoms with Gasteiger partial charge in [0.15, 0.2) is 5.65 Å². The molecule has 0 amide bonds. The van der Waals surface area contributed by atoms with Gasteiger partial charge in [-0.05, 0) is 23.5 Å². The summed E-state index contributed by atoms with van der Waals surface area (Å²) in [4.78, 5) is 20.3. The van der Waals surface area contributed by atoms with Crippen LogP contribution in [-0.2, 0) is 16.1 Å². The first-order valence-electron chi connectivity index (χ1n) is 8.86. The highest BCUT2D eigenvalue weighted by Gasteiger charge is 2.28. The van der Waals surface area contributed by atoms with Crippen molar-refractivity contribution in [3.05, 3.63) is 47.9 Å². The number of hydrogen-bond donors (Lipinski definition) is 1. The van der Waals surface area contributed by atoms with Crippen LogP contribution < -0.4 is 5.32 Å². The van der Waals surface area contributed by atoms with Crippen LogP contribution in [0.15, 0.2) is 36.8 Å². The van der Waals surface area contributed by atoms with Gasteiger partial charge in [-0.15, -0.1) is 0 Å². The molecule has 2 heterocycles. The predicted octanol–water partition coefficient (Wildman–Crippen LogP) is 3.51. The summed E-state index contributed by atoms with van der Waals surface area (Å²) in [5.41, 5.74) is 2.98. The van der Waals surface area contributed by atoms with Crippen LogP contribution in [0.1, 0.15) is 37.9 Å². The molecule has 0 aliphatic heterocycles. The molecule has 0 aliphatic rings. The Morgan fingerprint density at radius 2 is 2.00 bits per heavy atom. The van der Waals surface area contributed by atoms with Crippen molar-refractivity contribution in [2.24, 2.45) is 5.41 Å². The molecule has 7 heteroatoms. The minimum absolute atomic E-state index is 0.0109. The van der Waals surface area contributed by atoms with E-state index in [0.29, 0.717) is 11.5 Å². The molecular weight excluding hydrogens is 342 g/mol. The standard InChI is InChI=1S/C20H25N5O2/c1-13-8-6-7-9-14(13)17(20(2,3)4)24-18-15-10-23-25(11-16(26)27-5)19(15)22-12-21-18/h6-10,12,17H,11H2,1-5H3,(H,21,22,24). The van der Waals surface area contributed by atoms with Crippen molar-refractivity contribution in [1.29, 1.82) is 0 Å². The molecule has 2 aromatic heterocycles. The third-order valence-electron chi connectivity index (χ3n) is 4.59. The maximum Gasteiger partial charge on any atom is 0.327 e. The van der Waals surface area contributed by atoms with Crippen LogP contribution in [0.2, 0.25) is 0 Å². The summed E-state index contributed by atoms with van der Waals surface area (Å²) < 4.78 is 6.25. The van der Waals surface area contributed by atoms with E-state index >= 15 is 0 Å². The van der Waals surface area contributed by atoms with Gasteiger partial charge in [-0.3, -0.25) is 4.79 Å². The molecule has 1 aromatic carbocycles. The highest BCUT2D eigenvalue weighted by Crippen LogP contribution is 2.37. The second-order valence-electron chi connectivity index (χ2n) is 7.64. The fourth-order valence-corrected chi connectivity index (χ4v) is 3.12. The number of benzene rings is 1. The average Bonchev–Trinajstić information content (AvgIpc) is 3.03. The Hall–Kier alpha value is -2.96. The van der Waals surface area contributed by atoms with E-state index in [1.165, 1.54) is 29.2 Å². The molecule has 1 unspecified atom stereocenters. The lowest BCUT2D eigenvalue weighted by Gasteiger charge is -2.33. The number of esters is 1. The Morgan fingerprint density at radius 1 is 1.26 bits per heavy atom. The van der Waals surface area contributed by atoms with E-state index in [0.717, 1.165) is 5.39 Å². The molecule has 0 bridgehead atoms. The van der Waals surface area contributed by atoms with Crippen molar-refractivity contribution >= 4 is 22.8 Å². The molecule has 27 heavy (non-hydrogen) atoms. The number of fused-ring (bicyclic) bond motifs is 1. The summed E-state index contributed by atoms with van der Waals surface area (Å²) in [5.74, 6) is 0.319. The number of rotatable bonds is 5. The van der Waals surface area contributed by atoms with Crippen molar-refractivity contribution in [3.63, 3.8) is 0 Å². The van der Waals surface area contributed by atoms with E-state index in [9.17, 15) is 4.79 Å². The minimum atomic E-state index is -0.374. The Kier molecular flexibility index (Phi) is 5.12. The molecule has 7 nitrogen and oxygen atoms in total. The fourth-order valence-electron chi connectivity index (χ4n) is 3.12. The number of carbonyl (C=O) groups excluding carboxylic acids is 1. The molecule has 1 atom stereocenters. The molecule has 3 rings (SSSR count). The first kappa shape index (κ1) is 18.8. The normalized spacial score (nSPS) is 12.8. The van der Waals surface area contributed by atoms with Crippen molar-refractivity contribution in [2.75, 3.05) is 12.4 Å². The van der Waals surface area contributed by atoms with Crippen molar-refractivity contribution in [3.8, 4) is 0 Å². The number of carbonyl (C=O) groups is 1. The minimum Gasteiger partial charge on any atom is -0.468 e. The topological polar surface area (TPSA) is 81.9 Å². The zero-order valence-corrected chi connectivity index (χ0v) is 16.4. The number of anilines is 1. The first-order valence-corrected chi connectivity index (χ1v) is 8.86. The van der Waals surface area contributed by atoms with Crippen LogP contribution >= 0.6 is 0 Å². The number of nitrogens with one attached hydrogen (secondary N) is 1. The van der Waals surface area contributed by atoms with Gasteiger partial charge in [-0.1, -0.05) is 45.0 Å². The first-order chi connectivity index (χ1) is 12.8. The largest absolute Gasteiger partial charge is 0.468 e. The van der Waals surface area contributed by atoms with Gasteiger partial charge in [0.05, 0.1) is 24.7 Å². The summed E-state index contributed by atoms with van der Waals surface area (Å²) >= 11 is 0. The summed E-state index contributed by atoms with van der Waals surface area (Å²) in [6, 6.07) is 8.38. The maximum atomic E-state index is 11.6. The van der Waals surface area contributed by atoms with Crippen LogP contribution in [0.4, 0.5) is 5.82 Å². The number of nitrogens with zero attached hydrogens (tertiary/aromatic N) is 4. The second kappa shape index (κ2) is 7.34. The molecular formula is C20H25N5O2. The summed E-state index contributed by atoms with van der Waals surface area (Å²) in [5, 5.41) is 8.62. The van der Waals surface area contributed by atoms with Crippen molar-refractivity contribution in [1.82, 2.24) is 19.7 Å². The van der Waals surface area contributed by atoms with Gasteiger partial charge < -0.3 is 10.1 Å². The molecule has 0 saturated carbocycles. The second-order valence-corrected chi connectivity index (χ2v) is 7.64. The third-order valence-corrected chi connectivity index (χ3v) is 4.59. The molecule has 3 aromatic rings. The van der Waals surface area contributed by atoms with Crippen LogP contribution in [0.5, 0.6) is 0 Å². The number of ether oxygens (including phenoxy) is 1. The highest BCUT2D eigenvalue weighted by atomic mass is 16.5. The molecule has 0 radical (unpaired) electrons. The van der Waals surface area contributed by atoms with Gasteiger partial charge in [0, 0.05) is 0 Å². The smallest absolute Gasteiger partial charge is 0.327 e. The van der Waals surface area contributed by atoms with E-state index in [-0.39, 0.29) is 24.0 Å². The number of aromatic nitrogens is 4. The summed E-state index contributed by atoms with van der Waals surface area (Å²) in [7, 11) is 1.35. The van der Waals surface area contributed by atoms with Gasteiger partial charge >= 0.3 is 5.97 Å². The zero-order valence-electron chi connectivity index (χ0n) is 16.4. The van der Waals surface area contributed by atoms with Gasteiger partial charge in [-0.25, -0.2) is 14.6 Å². The lowest BCUT2D eigenvalue weighted by Crippen LogP contribution is -2.27. The van der Waals surface area contributed by atoms with Gasteiger partial charge in [-0.2, -0.15) is 5.10 Å². The van der Waals surface area contributed by atoms with E-state index in [1.54, 1.807) is 6.20 Å². The van der Waals surface area contributed by atoms with E-state index in [1.807, 2.05) is 12.1 Å². The monoisotopic (exact) mass is 367 g/mol. The molecule has 0 aliphatic carbocycles. The molecule has 0 saturated heterocycles. The van der Waals surface area contributed by atoms with E-state index < -0.39 is 0 Å². The van der Waals surface area contributed by atoms with Crippen LogP contribution in [-0.4, -0.2) is 32.8 Å². The average molecular weight is 367 g/mol. The Bertz CT molecular complexity index is 958. The van der Waals surface area contributed by atoms with Crippen LogP contribution in [0, 0.1) is 12.3 Å². The Balaban J connectivity index is 2.01. The van der Waals surface area contributed by atoms with Gasteiger partial charge in [0.2, 0.25) is 0 Å². The van der Waals surface area contributed by atoms with E-state index in [2.05, 4.69) is 60.2 Å². The van der Waals surface area contributed by atoms with Gasteiger partial charge in [0.1, 0.15) is 18.7 Å². The SMILES string of the molecule is COC(=O)Cn1ncc2c(NC(c3ccccc3C)C(C)(C)C)ncnc21. The quantitative estimate of drug-likeness (QED) is 0.695. The van der Waals surface area contributed by atoms with Gasteiger partial charge in [0.25, 0.3) is 0 Å². The van der Waals surface area contributed by atoms with Crippen molar-refractivity contribution < 1.29 is 9.53 Å². The summed E-state index contributed by atoms with van der Waals surface area (Å²) in [6.45, 7) is 8.69. The molecule has 0 spiro atoms.